The molecule has 0 atom stereocenters. The molecule has 6 heteroatoms. The number of carbonyl (C=O) groups excluding carboxylic acids is 1. The van der Waals surface area contributed by atoms with E-state index in [1.54, 1.807) is 0 Å². The van der Waals surface area contributed by atoms with Crippen LogP contribution < -0.4 is 5.32 Å². The lowest BCUT2D eigenvalue weighted by molar-refractivity contribution is -0.137. The first-order valence-electron chi connectivity index (χ1n) is 8.31. The minimum atomic E-state index is -4.46. The first kappa shape index (κ1) is 18.6. The van der Waals surface area contributed by atoms with Crippen molar-refractivity contribution in [3.63, 3.8) is 0 Å². The van der Waals surface area contributed by atoms with Crippen LogP contribution in [-0.4, -0.2) is 17.0 Å². The van der Waals surface area contributed by atoms with E-state index in [1.165, 1.54) is 18.2 Å². The number of alkyl halides is 3. The molecule has 27 heavy (non-hydrogen) atoms. The predicted octanol–water partition coefficient (Wildman–Crippen LogP) is 3.91. The number of aryl methyl sites for hydroxylation is 1. The van der Waals surface area contributed by atoms with E-state index in [1.807, 2.05) is 42.1 Å². The van der Waals surface area contributed by atoms with Crippen molar-refractivity contribution < 1.29 is 18.0 Å². The van der Waals surface area contributed by atoms with Crippen molar-refractivity contribution in [2.45, 2.75) is 12.6 Å². The lowest BCUT2D eigenvalue weighted by Gasteiger charge is -2.08. The van der Waals surface area contributed by atoms with E-state index in [2.05, 4.69) is 17.2 Å². The van der Waals surface area contributed by atoms with Crippen LogP contribution >= 0.6 is 0 Å². The van der Waals surface area contributed by atoms with E-state index < -0.39 is 11.7 Å². The van der Waals surface area contributed by atoms with Gasteiger partial charge >= 0.3 is 6.18 Å². The number of rotatable bonds is 3. The largest absolute Gasteiger partial charge is 0.417 e. The zero-order valence-electron chi connectivity index (χ0n) is 14.6. The Morgan fingerprint density at radius 1 is 1.11 bits per heavy atom. The third-order valence-electron chi connectivity index (χ3n) is 4.16. The van der Waals surface area contributed by atoms with E-state index in [4.69, 9.17) is 0 Å². The average Bonchev–Trinajstić information content (AvgIpc) is 2.94. The first-order chi connectivity index (χ1) is 12.9. The molecule has 2 aromatic carbocycles. The Morgan fingerprint density at radius 2 is 1.81 bits per heavy atom. The van der Waals surface area contributed by atoms with Gasteiger partial charge in [-0.1, -0.05) is 42.2 Å². The van der Waals surface area contributed by atoms with Crippen molar-refractivity contribution >= 4 is 16.8 Å². The standard InChI is InChI=1S/C21H17F3N2O/c1-26-14-16(17-9-3-5-11-19(17)26)13-20(27)25-12-6-8-15-7-2-4-10-18(15)21(22,23)24/h2-5,7,9-11,14H,12-13H2,1H3,(H,25,27). The number of hydrogen-bond acceptors (Lipinski definition) is 1. The molecule has 0 bridgehead atoms. The van der Waals surface area contributed by atoms with Crippen LogP contribution in [0, 0.1) is 11.8 Å². The van der Waals surface area contributed by atoms with Gasteiger partial charge in [-0.25, -0.2) is 0 Å². The summed E-state index contributed by atoms with van der Waals surface area (Å²) in [5.41, 5.74) is 1.04. The Hall–Kier alpha value is -3.20. The second-order valence-corrected chi connectivity index (χ2v) is 6.08. The number of nitrogens with one attached hydrogen (secondary N) is 1. The minimum Gasteiger partial charge on any atom is -0.350 e. The van der Waals surface area contributed by atoms with Crippen LogP contribution in [0.1, 0.15) is 16.7 Å². The van der Waals surface area contributed by atoms with Crippen molar-refractivity contribution in [1.29, 1.82) is 0 Å². The van der Waals surface area contributed by atoms with Crippen molar-refractivity contribution in [2.24, 2.45) is 7.05 Å². The molecule has 1 N–H and O–H groups in total. The molecule has 0 unspecified atom stereocenters. The fourth-order valence-electron chi connectivity index (χ4n) is 2.92. The lowest BCUT2D eigenvalue weighted by Crippen LogP contribution is -2.25. The molecule has 0 radical (unpaired) electrons. The second kappa shape index (κ2) is 7.58. The zero-order valence-corrected chi connectivity index (χ0v) is 14.6. The smallest absolute Gasteiger partial charge is 0.350 e. The Bertz CT molecular complexity index is 1040. The van der Waals surface area contributed by atoms with Crippen LogP contribution in [-0.2, 0) is 24.4 Å². The predicted molar refractivity (Wildman–Crippen MR) is 98.0 cm³/mol. The number of benzene rings is 2. The Kier molecular flexibility index (Phi) is 5.22. The number of nitrogens with zero attached hydrogens (tertiary/aromatic N) is 1. The van der Waals surface area contributed by atoms with E-state index in [-0.39, 0.29) is 24.4 Å². The molecule has 0 aliphatic rings. The van der Waals surface area contributed by atoms with Gasteiger partial charge in [-0.2, -0.15) is 13.2 Å². The van der Waals surface area contributed by atoms with Gasteiger partial charge in [-0.3, -0.25) is 4.79 Å². The highest BCUT2D eigenvalue weighted by Crippen LogP contribution is 2.31. The van der Waals surface area contributed by atoms with Gasteiger partial charge in [0.25, 0.3) is 0 Å². The summed E-state index contributed by atoms with van der Waals surface area (Å²) in [6, 6.07) is 12.9. The number of hydrogen-bond donors (Lipinski definition) is 1. The Morgan fingerprint density at radius 3 is 2.59 bits per heavy atom. The number of halogens is 3. The number of para-hydroxylation sites is 1. The van der Waals surface area contributed by atoms with Crippen LogP contribution in [0.2, 0.25) is 0 Å². The molecule has 0 fully saturated rings. The van der Waals surface area contributed by atoms with Crippen LogP contribution in [0.4, 0.5) is 13.2 Å². The van der Waals surface area contributed by atoms with Crippen molar-refractivity contribution in [3.8, 4) is 11.8 Å². The normalized spacial score (nSPS) is 11.1. The molecule has 0 aliphatic carbocycles. The molecule has 1 amide bonds. The fourth-order valence-corrected chi connectivity index (χ4v) is 2.92. The minimum absolute atomic E-state index is 0.0181. The van der Waals surface area contributed by atoms with Gasteiger partial charge in [-0.15, -0.1) is 0 Å². The molecule has 0 saturated heterocycles. The first-order valence-corrected chi connectivity index (χ1v) is 8.31. The van der Waals surface area contributed by atoms with Gasteiger partial charge in [0.2, 0.25) is 5.91 Å². The average molecular weight is 370 g/mol. The van der Waals surface area contributed by atoms with Gasteiger partial charge in [0, 0.05) is 29.7 Å². The lowest BCUT2D eigenvalue weighted by atomic mass is 10.1. The van der Waals surface area contributed by atoms with Crippen LogP contribution in [0.3, 0.4) is 0 Å². The Balaban J connectivity index is 1.64. The SMILES string of the molecule is Cn1cc(CC(=O)NCC#Cc2ccccc2C(F)(F)F)c2ccccc21. The summed E-state index contributed by atoms with van der Waals surface area (Å²) in [5.74, 6) is 4.84. The number of aromatic nitrogens is 1. The molecule has 3 nitrogen and oxygen atoms in total. The second-order valence-electron chi connectivity index (χ2n) is 6.08. The van der Waals surface area contributed by atoms with E-state index in [0.29, 0.717) is 0 Å². The topological polar surface area (TPSA) is 34.0 Å². The maximum absolute atomic E-state index is 12.9. The summed E-state index contributed by atoms with van der Waals surface area (Å²) in [7, 11) is 1.91. The summed E-state index contributed by atoms with van der Waals surface area (Å²) < 4.78 is 40.7. The molecule has 0 saturated carbocycles. The fraction of sp³-hybridized carbons (Fsp3) is 0.190. The summed E-state index contributed by atoms with van der Waals surface area (Å²) in [5, 5.41) is 3.63. The number of amides is 1. The molecule has 1 aromatic heterocycles. The molecular weight excluding hydrogens is 353 g/mol. The third kappa shape index (κ3) is 4.32. The van der Waals surface area contributed by atoms with Gasteiger partial charge in [0.15, 0.2) is 0 Å². The van der Waals surface area contributed by atoms with Gasteiger partial charge in [0.1, 0.15) is 0 Å². The Labute approximate surface area is 154 Å². The van der Waals surface area contributed by atoms with E-state index in [0.717, 1.165) is 22.5 Å². The number of fused-ring (bicyclic) bond motifs is 1. The van der Waals surface area contributed by atoms with Gasteiger partial charge in [-0.05, 0) is 23.8 Å². The van der Waals surface area contributed by atoms with Crippen molar-refractivity contribution in [1.82, 2.24) is 9.88 Å². The zero-order chi connectivity index (χ0) is 19.4. The van der Waals surface area contributed by atoms with Crippen LogP contribution in [0.5, 0.6) is 0 Å². The molecule has 0 aliphatic heterocycles. The van der Waals surface area contributed by atoms with E-state index in [9.17, 15) is 18.0 Å². The van der Waals surface area contributed by atoms with Gasteiger partial charge in [0.05, 0.1) is 18.5 Å². The van der Waals surface area contributed by atoms with Crippen LogP contribution in [0.25, 0.3) is 10.9 Å². The highest BCUT2D eigenvalue weighted by atomic mass is 19.4. The maximum atomic E-state index is 12.9. The molecule has 3 rings (SSSR count). The highest BCUT2D eigenvalue weighted by Gasteiger charge is 2.32. The molecular formula is C21H17F3N2O. The molecule has 3 aromatic rings. The summed E-state index contributed by atoms with van der Waals surface area (Å²) >= 11 is 0. The molecule has 1 heterocycles. The summed E-state index contributed by atoms with van der Waals surface area (Å²) in [6.45, 7) is -0.0181. The highest BCUT2D eigenvalue weighted by molar-refractivity contribution is 5.89. The summed E-state index contributed by atoms with van der Waals surface area (Å²) in [6.07, 6.45) is -2.37. The quantitative estimate of drug-likeness (QED) is 0.697. The van der Waals surface area contributed by atoms with E-state index >= 15 is 0 Å². The summed E-state index contributed by atoms with van der Waals surface area (Å²) in [4.78, 5) is 12.1. The maximum Gasteiger partial charge on any atom is 0.417 e. The van der Waals surface area contributed by atoms with Crippen molar-refractivity contribution in [3.05, 3.63) is 71.4 Å². The van der Waals surface area contributed by atoms with Crippen molar-refractivity contribution in [2.75, 3.05) is 6.54 Å². The third-order valence-corrected chi connectivity index (χ3v) is 4.16. The number of carbonyl (C=O) groups is 1. The monoisotopic (exact) mass is 370 g/mol. The molecule has 138 valence electrons. The van der Waals surface area contributed by atoms with Crippen LogP contribution in [0.15, 0.2) is 54.7 Å². The van der Waals surface area contributed by atoms with Gasteiger partial charge < -0.3 is 9.88 Å². The molecule has 0 spiro atoms.